The van der Waals surface area contributed by atoms with Crippen LogP contribution in [0, 0.1) is 10.1 Å². The van der Waals surface area contributed by atoms with Gasteiger partial charge in [-0.05, 0) is 17.5 Å². The zero-order chi connectivity index (χ0) is 21.5. The second kappa shape index (κ2) is 9.64. The summed E-state index contributed by atoms with van der Waals surface area (Å²) in [5, 5.41) is 17.8. The SMILES string of the molecule is CC(C)c1ccc(-c2noc(COC(=O)CCNc3ccccc3[N+](=O)[O-])n2)cc1. The Kier molecular flexibility index (Phi) is 6.74. The first kappa shape index (κ1) is 21.0. The van der Waals surface area contributed by atoms with Crippen LogP contribution in [0.15, 0.2) is 53.1 Å². The van der Waals surface area contributed by atoms with E-state index in [1.165, 1.54) is 11.6 Å². The number of hydrogen-bond donors (Lipinski definition) is 1. The maximum atomic E-state index is 11.9. The largest absolute Gasteiger partial charge is 0.456 e. The normalized spacial score (nSPS) is 10.8. The van der Waals surface area contributed by atoms with Crippen LogP contribution in [0.4, 0.5) is 11.4 Å². The van der Waals surface area contributed by atoms with Crippen molar-refractivity contribution < 1.29 is 19.0 Å². The van der Waals surface area contributed by atoms with E-state index in [2.05, 4.69) is 29.3 Å². The Balaban J connectivity index is 1.47. The maximum absolute atomic E-state index is 11.9. The van der Waals surface area contributed by atoms with Crippen molar-refractivity contribution in [3.05, 3.63) is 70.1 Å². The number of rotatable bonds is 9. The van der Waals surface area contributed by atoms with Gasteiger partial charge in [-0.1, -0.05) is 55.4 Å². The standard InChI is InChI=1S/C21H22N4O5/c1-14(2)15-7-9-16(10-8-15)21-23-19(30-24-21)13-29-20(26)11-12-22-17-5-3-4-6-18(17)25(27)28/h3-10,14,22H,11-13H2,1-2H3. The quantitative estimate of drug-likeness (QED) is 0.315. The molecule has 0 saturated carbocycles. The number of nitrogens with one attached hydrogen (secondary N) is 1. The van der Waals surface area contributed by atoms with Crippen molar-refractivity contribution in [2.75, 3.05) is 11.9 Å². The first-order valence-electron chi connectivity index (χ1n) is 9.50. The molecule has 9 heteroatoms. The predicted molar refractivity (Wildman–Crippen MR) is 110 cm³/mol. The molecule has 0 aliphatic carbocycles. The first-order chi connectivity index (χ1) is 14.4. The number of aromatic nitrogens is 2. The van der Waals surface area contributed by atoms with Crippen LogP contribution in [-0.2, 0) is 16.1 Å². The molecular weight excluding hydrogens is 388 g/mol. The van der Waals surface area contributed by atoms with Crippen molar-refractivity contribution in [3.8, 4) is 11.4 Å². The molecule has 0 aliphatic heterocycles. The van der Waals surface area contributed by atoms with Gasteiger partial charge in [0.05, 0.1) is 11.3 Å². The third kappa shape index (κ3) is 5.40. The van der Waals surface area contributed by atoms with Crippen LogP contribution in [0.2, 0.25) is 0 Å². The van der Waals surface area contributed by atoms with Crippen molar-refractivity contribution in [2.24, 2.45) is 0 Å². The summed E-state index contributed by atoms with van der Waals surface area (Å²) in [5.41, 5.74) is 2.33. The molecular formula is C21H22N4O5. The minimum absolute atomic E-state index is 0.0315. The maximum Gasteiger partial charge on any atom is 0.308 e. The molecule has 0 radical (unpaired) electrons. The van der Waals surface area contributed by atoms with E-state index in [9.17, 15) is 14.9 Å². The summed E-state index contributed by atoms with van der Waals surface area (Å²) < 4.78 is 10.3. The van der Waals surface area contributed by atoms with E-state index in [4.69, 9.17) is 9.26 Å². The fraction of sp³-hybridized carbons (Fsp3) is 0.286. The minimum Gasteiger partial charge on any atom is -0.456 e. The number of esters is 1. The first-order valence-corrected chi connectivity index (χ1v) is 9.50. The number of hydrogen-bond acceptors (Lipinski definition) is 8. The van der Waals surface area contributed by atoms with Gasteiger partial charge in [-0.3, -0.25) is 14.9 Å². The van der Waals surface area contributed by atoms with Gasteiger partial charge in [-0.2, -0.15) is 4.98 Å². The van der Waals surface area contributed by atoms with E-state index >= 15 is 0 Å². The highest BCUT2D eigenvalue weighted by atomic mass is 16.6. The smallest absolute Gasteiger partial charge is 0.308 e. The van der Waals surface area contributed by atoms with Crippen LogP contribution < -0.4 is 5.32 Å². The van der Waals surface area contributed by atoms with Gasteiger partial charge in [0.25, 0.3) is 11.6 Å². The number of nitro groups is 1. The molecule has 30 heavy (non-hydrogen) atoms. The molecule has 1 aromatic heterocycles. The number of carbonyl (C=O) groups is 1. The lowest BCUT2D eigenvalue weighted by Gasteiger charge is -2.06. The van der Waals surface area contributed by atoms with Crippen LogP contribution in [0.5, 0.6) is 0 Å². The predicted octanol–water partition coefficient (Wildman–Crippen LogP) is 4.31. The minimum atomic E-state index is -0.484. The number of carbonyl (C=O) groups excluding carboxylic acids is 1. The third-order valence-electron chi connectivity index (χ3n) is 4.41. The van der Waals surface area contributed by atoms with Crippen molar-refractivity contribution in [3.63, 3.8) is 0 Å². The summed E-state index contributed by atoms with van der Waals surface area (Å²) in [6, 6.07) is 14.1. The fourth-order valence-corrected chi connectivity index (χ4v) is 2.74. The fourth-order valence-electron chi connectivity index (χ4n) is 2.74. The number of ether oxygens (including phenoxy) is 1. The van der Waals surface area contributed by atoms with Crippen LogP contribution >= 0.6 is 0 Å². The summed E-state index contributed by atoms with van der Waals surface area (Å²) in [7, 11) is 0. The van der Waals surface area contributed by atoms with E-state index < -0.39 is 10.9 Å². The van der Waals surface area contributed by atoms with Gasteiger partial charge in [0.2, 0.25) is 5.82 Å². The van der Waals surface area contributed by atoms with Gasteiger partial charge in [0, 0.05) is 18.2 Å². The molecule has 3 rings (SSSR count). The second-order valence-corrected chi connectivity index (χ2v) is 6.90. The number of anilines is 1. The lowest BCUT2D eigenvalue weighted by atomic mass is 10.0. The number of benzene rings is 2. The Morgan fingerprint density at radius 3 is 2.63 bits per heavy atom. The van der Waals surface area contributed by atoms with Crippen LogP contribution in [-0.4, -0.2) is 27.6 Å². The highest BCUT2D eigenvalue weighted by molar-refractivity contribution is 5.70. The lowest BCUT2D eigenvalue weighted by Crippen LogP contribution is -2.12. The van der Waals surface area contributed by atoms with Crippen molar-refractivity contribution >= 4 is 17.3 Å². The molecule has 0 spiro atoms. The van der Waals surface area contributed by atoms with Crippen LogP contribution in [0.3, 0.4) is 0 Å². The molecule has 3 aromatic rings. The molecule has 2 aromatic carbocycles. The number of nitro benzene ring substituents is 1. The molecule has 0 bridgehead atoms. The summed E-state index contributed by atoms with van der Waals surface area (Å²) >= 11 is 0. The zero-order valence-corrected chi connectivity index (χ0v) is 16.7. The molecule has 9 nitrogen and oxygen atoms in total. The van der Waals surface area contributed by atoms with Crippen molar-refractivity contribution in [1.29, 1.82) is 0 Å². The van der Waals surface area contributed by atoms with Crippen LogP contribution in [0.25, 0.3) is 11.4 Å². The van der Waals surface area contributed by atoms with Gasteiger partial charge in [-0.15, -0.1) is 0 Å². The highest BCUT2D eigenvalue weighted by Crippen LogP contribution is 2.23. The van der Waals surface area contributed by atoms with Gasteiger partial charge < -0.3 is 14.6 Å². The Hall–Kier alpha value is -3.75. The molecule has 0 amide bonds. The van der Waals surface area contributed by atoms with E-state index in [0.29, 0.717) is 17.4 Å². The zero-order valence-electron chi connectivity index (χ0n) is 16.7. The average Bonchev–Trinajstić information content (AvgIpc) is 3.21. The highest BCUT2D eigenvalue weighted by Gasteiger charge is 2.14. The molecule has 1 heterocycles. The molecule has 0 saturated heterocycles. The molecule has 156 valence electrons. The Labute approximate surface area is 173 Å². The van der Waals surface area contributed by atoms with E-state index in [1.807, 2.05) is 24.3 Å². The average molecular weight is 410 g/mol. The van der Waals surface area contributed by atoms with Gasteiger partial charge >= 0.3 is 5.97 Å². The van der Waals surface area contributed by atoms with Crippen molar-refractivity contribution in [2.45, 2.75) is 32.8 Å². The molecule has 0 aliphatic rings. The van der Waals surface area contributed by atoms with Crippen molar-refractivity contribution in [1.82, 2.24) is 10.1 Å². The molecule has 0 atom stereocenters. The molecule has 0 fully saturated rings. The molecule has 0 unspecified atom stereocenters. The Morgan fingerprint density at radius 1 is 1.20 bits per heavy atom. The van der Waals surface area contributed by atoms with Gasteiger partial charge in [-0.25, -0.2) is 0 Å². The number of nitrogens with zero attached hydrogens (tertiary/aromatic N) is 3. The van der Waals surface area contributed by atoms with E-state index in [0.717, 1.165) is 5.56 Å². The van der Waals surface area contributed by atoms with E-state index in [1.54, 1.807) is 18.2 Å². The summed E-state index contributed by atoms with van der Waals surface area (Å²) in [5.74, 6) is 0.566. The lowest BCUT2D eigenvalue weighted by molar-refractivity contribution is -0.384. The Bertz CT molecular complexity index is 1010. The third-order valence-corrected chi connectivity index (χ3v) is 4.41. The van der Waals surface area contributed by atoms with Gasteiger partial charge in [0.1, 0.15) is 5.69 Å². The molecule has 1 N–H and O–H groups in total. The van der Waals surface area contributed by atoms with E-state index in [-0.39, 0.29) is 31.2 Å². The Morgan fingerprint density at radius 2 is 1.93 bits per heavy atom. The number of para-hydroxylation sites is 2. The summed E-state index contributed by atoms with van der Waals surface area (Å²) in [4.78, 5) is 26.7. The monoisotopic (exact) mass is 410 g/mol. The van der Waals surface area contributed by atoms with Gasteiger partial charge in [0.15, 0.2) is 6.61 Å². The summed E-state index contributed by atoms with van der Waals surface area (Å²) in [6.45, 7) is 4.29. The second-order valence-electron chi connectivity index (χ2n) is 6.90. The topological polar surface area (TPSA) is 120 Å². The summed E-state index contributed by atoms with van der Waals surface area (Å²) in [6.07, 6.45) is 0.0315. The van der Waals surface area contributed by atoms with Crippen LogP contribution in [0.1, 0.15) is 37.6 Å².